The molecule has 0 aliphatic heterocycles. The van der Waals surface area contributed by atoms with Gasteiger partial charge < -0.3 is 10.2 Å². The number of carbonyl (C=O) groups is 2. The predicted molar refractivity (Wildman–Crippen MR) is 164 cm³/mol. The minimum atomic E-state index is -4.89. The van der Waals surface area contributed by atoms with E-state index in [1.807, 2.05) is 0 Å². The first-order valence-corrected chi connectivity index (χ1v) is 15.7. The SMILES string of the molecule is Cc1ccc(S(=O)(=O)N(CC(=O)N(Cc2ccc(Br)cc2)C(C)C(=O)NC(C)(C)C)c2ccc(Cl)c(C(F)(F)F)c2)cc1. The van der Waals surface area contributed by atoms with E-state index in [1.54, 1.807) is 52.0 Å². The van der Waals surface area contributed by atoms with Crippen LogP contribution in [0.4, 0.5) is 18.9 Å². The molecule has 7 nitrogen and oxygen atoms in total. The number of hydrogen-bond acceptors (Lipinski definition) is 4. The molecule has 0 saturated carbocycles. The second kappa shape index (κ2) is 13.3. The van der Waals surface area contributed by atoms with Gasteiger partial charge in [-0.05, 0) is 82.6 Å². The van der Waals surface area contributed by atoms with Crippen molar-refractivity contribution in [1.29, 1.82) is 0 Å². The molecule has 0 fully saturated rings. The fraction of sp³-hybridized carbons (Fsp3) is 0.333. The molecular weight excluding hydrogens is 671 g/mol. The summed E-state index contributed by atoms with van der Waals surface area (Å²) in [5.41, 5.74) is -0.901. The van der Waals surface area contributed by atoms with Gasteiger partial charge >= 0.3 is 6.18 Å². The number of rotatable bonds is 9. The fourth-order valence-electron chi connectivity index (χ4n) is 4.10. The number of sulfonamides is 1. The number of carbonyl (C=O) groups excluding carboxylic acids is 2. The van der Waals surface area contributed by atoms with Gasteiger partial charge in [0, 0.05) is 16.6 Å². The number of alkyl halides is 3. The summed E-state index contributed by atoms with van der Waals surface area (Å²) in [7, 11) is -4.56. The third-order valence-corrected chi connectivity index (χ3v) is 9.01. The molecule has 0 aliphatic carbocycles. The first kappa shape index (κ1) is 34.4. The van der Waals surface area contributed by atoms with E-state index in [0.29, 0.717) is 15.9 Å². The number of amides is 2. The summed E-state index contributed by atoms with van der Waals surface area (Å²) >= 11 is 9.16. The van der Waals surface area contributed by atoms with E-state index in [-0.39, 0.29) is 11.4 Å². The largest absolute Gasteiger partial charge is 0.417 e. The highest BCUT2D eigenvalue weighted by atomic mass is 79.9. The van der Waals surface area contributed by atoms with Crippen molar-refractivity contribution in [2.24, 2.45) is 0 Å². The molecule has 1 unspecified atom stereocenters. The van der Waals surface area contributed by atoms with Gasteiger partial charge in [0.2, 0.25) is 11.8 Å². The maximum absolute atomic E-state index is 14.0. The van der Waals surface area contributed by atoms with Crippen LogP contribution in [0.2, 0.25) is 5.02 Å². The lowest BCUT2D eigenvalue weighted by molar-refractivity contribution is -0.140. The summed E-state index contributed by atoms with van der Waals surface area (Å²) in [5, 5.41) is 2.19. The van der Waals surface area contributed by atoms with Gasteiger partial charge in [0.15, 0.2) is 0 Å². The second-order valence-electron chi connectivity index (χ2n) is 11.0. The summed E-state index contributed by atoms with van der Waals surface area (Å²) in [6.45, 7) is 7.60. The molecule has 0 bridgehead atoms. The molecule has 13 heteroatoms. The van der Waals surface area contributed by atoms with Gasteiger partial charge in [-0.2, -0.15) is 13.2 Å². The number of nitrogens with one attached hydrogen (secondary N) is 1. The zero-order chi connectivity index (χ0) is 32.3. The second-order valence-corrected chi connectivity index (χ2v) is 14.2. The van der Waals surface area contributed by atoms with Crippen LogP contribution < -0.4 is 9.62 Å². The molecule has 0 heterocycles. The van der Waals surface area contributed by atoms with Crippen LogP contribution in [-0.2, 0) is 32.3 Å². The molecule has 3 aromatic rings. The highest BCUT2D eigenvalue weighted by Gasteiger charge is 2.37. The summed E-state index contributed by atoms with van der Waals surface area (Å²) in [6, 6.07) is 14.2. The Morgan fingerprint density at radius 2 is 1.56 bits per heavy atom. The Kier molecular flexibility index (Phi) is 10.6. The summed E-state index contributed by atoms with van der Waals surface area (Å²) < 4.78 is 70.5. The van der Waals surface area contributed by atoms with E-state index < -0.39 is 62.4 Å². The maximum atomic E-state index is 14.0. The summed E-state index contributed by atoms with van der Waals surface area (Å²) in [5.74, 6) is -1.30. The normalized spacial score (nSPS) is 12.9. The van der Waals surface area contributed by atoms with Gasteiger partial charge in [0.25, 0.3) is 10.0 Å². The molecule has 1 atom stereocenters. The molecule has 43 heavy (non-hydrogen) atoms. The number of anilines is 1. The quantitative estimate of drug-likeness (QED) is 0.262. The Morgan fingerprint density at radius 3 is 2.09 bits per heavy atom. The minimum Gasteiger partial charge on any atom is -0.350 e. The third-order valence-electron chi connectivity index (χ3n) is 6.36. The van der Waals surface area contributed by atoms with E-state index >= 15 is 0 Å². The molecule has 2 amide bonds. The van der Waals surface area contributed by atoms with Gasteiger partial charge in [0.1, 0.15) is 12.6 Å². The van der Waals surface area contributed by atoms with Crippen LogP contribution in [0.15, 0.2) is 76.1 Å². The average Bonchev–Trinajstić information content (AvgIpc) is 2.90. The molecule has 0 radical (unpaired) electrons. The standard InChI is InChI=1S/C30H32BrClF3N3O4S/c1-19-6-13-24(14-7-19)43(41,42)38(23-12-15-26(32)25(16-23)30(33,34)35)18-27(39)37(17-21-8-10-22(31)11-9-21)20(2)28(40)36-29(3,4)5/h6-16,20H,17-18H2,1-5H3,(H,36,40). The van der Waals surface area contributed by atoms with Crippen LogP contribution >= 0.6 is 27.5 Å². The van der Waals surface area contributed by atoms with Crippen LogP contribution in [0.25, 0.3) is 0 Å². The van der Waals surface area contributed by atoms with Crippen molar-refractivity contribution in [2.75, 3.05) is 10.8 Å². The first-order valence-electron chi connectivity index (χ1n) is 13.1. The van der Waals surface area contributed by atoms with E-state index in [9.17, 15) is 31.2 Å². The fourth-order valence-corrected chi connectivity index (χ4v) is 5.99. The van der Waals surface area contributed by atoms with Crippen molar-refractivity contribution >= 4 is 55.1 Å². The number of halogens is 5. The molecule has 3 rings (SSSR count). The molecular formula is C30H32BrClF3N3O4S. The molecule has 0 saturated heterocycles. The van der Waals surface area contributed by atoms with Crippen molar-refractivity contribution in [1.82, 2.24) is 10.2 Å². The lowest BCUT2D eigenvalue weighted by Crippen LogP contribution is -2.54. The van der Waals surface area contributed by atoms with Gasteiger partial charge in [-0.25, -0.2) is 8.42 Å². The zero-order valence-corrected chi connectivity index (χ0v) is 27.3. The van der Waals surface area contributed by atoms with Gasteiger partial charge in [0.05, 0.1) is 21.2 Å². The third kappa shape index (κ3) is 8.96. The Hall–Kier alpha value is -3.09. The summed E-state index contributed by atoms with van der Waals surface area (Å²) in [4.78, 5) is 28.1. The number of benzene rings is 3. The first-order chi connectivity index (χ1) is 19.8. The lowest BCUT2D eigenvalue weighted by atomic mass is 10.1. The smallest absolute Gasteiger partial charge is 0.350 e. The number of aryl methyl sites for hydroxylation is 1. The predicted octanol–water partition coefficient (Wildman–Crippen LogP) is 6.96. The summed E-state index contributed by atoms with van der Waals surface area (Å²) in [6.07, 6.45) is -4.89. The Balaban J connectivity index is 2.13. The molecule has 1 N–H and O–H groups in total. The number of hydrogen-bond donors (Lipinski definition) is 1. The molecule has 0 aliphatic rings. The van der Waals surface area contributed by atoms with Crippen molar-refractivity contribution in [3.05, 3.63) is 92.9 Å². The van der Waals surface area contributed by atoms with Crippen LogP contribution in [0.1, 0.15) is 44.4 Å². The zero-order valence-electron chi connectivity index (χ0n) is 24.2. The van der Waals surface area contributed by atoms with Crippen molar-refractivity contribution in [3.8, 4) is 0 Å². The van der Waals surface area contributed by atoms with Crippen LogP contribution in [0.5, 0.6) is 0 Å². The van der Waals surface area contributed by atoms with Gasteiger partial charge in [-0.3, -0.25) is 13.9 Å². The van der Waals surface area contributed by atoms with Crippen molar-refractivity contribution in [3.63, 3.8) is 0 Å². The Labute approximate surface area is 263 Å². The van der Waals surface area contributed by atoms with Crippen LogP contribution in [-0.4, -0.2) is 43.3 Å². The van der Waals surface area contributed by atoms with Crippen LogP contribution in [0, 0.1) is 6.92 Å². The van der Waals surface area contributed by atoms with E-state index in [1.165, 1.54) is 36.1 Å². The lowest BCUT2D eigenvalue weighted by Gasteiger charge is -2.33. The monoisotopic (exact) mass is 701 g/mol. The van der Waals surface area contributed by atoms with Crippen molar-refractivity contribution in [2.45, 2.75) is 63.8 Å². The topological polar surface area (TPSA) is 86.8 Å². The Morgan fingerprint density at radius 1 is 0.977 bits per heavy atom. The number of nitrogens with zero attached hydrogens (tertiary/aromatic N) is 2. The van der Waals surface area contributed by atoms with Gasteiger partial charge in [-0.15, -0.1) is 0 Å². The Bertz CT molecular complexity index is 1580. The van der Waals surface area contributed by atoms with E-state index in [4.69, 9.17) is 11.6 Å². The van der Waals surface area contributed by atoms with Crippen LogP contribution in [0.3, 0.4) is 0 Å². The highest BCUT2D eigenvalue weighted by molar-refractivity contribution is 9.10. The molecule has 232 valence electrons. The minimum absolute atomic E-state index is 0.0717. The molecule has 3 aromatic carbocycles. The maximum Gasteiger partial charge on any atom is 0.417 e. The molecule has 0 spiro atoms. The van der Waals surface area contributed by atoms with Crippen molar-refractivity contribution < 1.29 is 31.2 Å². The van der Waals surface area contributed by atoms with E-state index in [2.05, 4.69) is 21.2 Å². The average molecular weight is 703 g/mol. The highest BCUT2D eigenvalue weighted by Crippen LogP contribution is 2.38. The van der Waals surface area contributed by atoms with Gasteiger partial charge in [-0.1, -0.05) is 57.4 Å². The molecule has 0 aromatic heterocycles. The van der Waals surface area contributed by atoms with E-state index in [0.717, 1.165) is 22.2 Å².